The summed E-state index contributed by atoms with van der Waals surface area (Å²) < 4.78 is 0. The summed E-state index contributed by atoms with van der Waals surface area (Å²) in [6, 6.07) is 3.49. The van der Waals surface area contributed by atoms with Gasteiger partial charge in [0.1, 0.15) is 22.8 Å². The predicted molar refractivity (Wildman–Crippen MR) is 132 cm³/mol. The van der Waals surface area contributed by atoms with E-state index in [4.69, 9.17) is 5.73 Å². The quantitative estimate of drug-likeness (QED) is 0.220. The number of amides is 1. The van der Waals surface area contributed by atoms with Crippen molar-refractivity contribution in [1.82, 2.24) is 4.90 Å². The van der Waals surface area contributed by atoms with E-state index in [9.17, 15) is 39.9 Å². The molecule has 0 spiro atoms. The fourth-order valence-electron chi connectivity index (χ4n) is 6.49. The molecule has 4 aliphatic rings. The van der Waals surface area contributed by atoms with Crippen LogP contribution in [0.2, 0.25) is 0 Å². The van der Waals surface area contributed by atoms with Crippen LogP contribution >= 0.6 is 0 Å². The smallest absolute Gasteiger partial charge is 0.255 e. The number of carbonyl (C=O) groups excluding carboxylic acids is 3. The van der Waals surface area contributed by atoms with Crippen LogP contribution in [-0.2, 0) is 14.4 Å². The lowest BCUT2D eigenvalue weighted by atomic mass is 9.55. The Morgan fingerprint density at radius 2 is 1.81 bits per heavy atom. The van der Waals surface area contributed by atoms with Gasteiger partial charge in [-0.15, -0.1) is 0 Å². The van der Waals surface area contributed by atoms with E-state index < -0.39 is 70.4 Å². The van der Waals surface area contributed by atoms with E-state index in [0.717, 1.165) is 25.9 Å². The van der Waals surface area contributed by atoms with Crippen LogP contribution in [-0.4, -0.2) is 85.8 Å². The lowest BCUT2D eigenvalue weighted by molar-refractivity contribution is -0.160. The van der Waals surface area contributed by atoms with Gasteiger partial charge in [-0.25, -0.2) is 0 Å². The summed E-state index contributed by atoms with van der Waals surface area (Å²) >= 11 is 0. The maximum atomic E-state index is 13.7. The maximum absolute atomic E-state index is 13.7. The van der Waals surface area contributed by atoms with Gasteiger partial charge < -0.3 is 41.5 Å². The molecule has 8 N–H and O–H groups in total. The number of primary amides is 1. The van der Waals surface area contributed by atoms with Crippen LogP contribution in [0.1, 0.15) is 43.2 Å². The molecule has 1 aromatic rings. The van der Waals surface area contributed by atoms with Crippen LogP contribution in [0.25, 0.3) is 5.76 Å². The van der Waals surface area contributed by atoms with Crippen LogP contribution in [0.3, 0.4) is 0 Å². The zero-order valence-electron chi connectivity index (χ0n) is 20.6. The minimum absolute atomic E-state index is 0.00948. The number of benzene rings is 1. The number of piperidine rings is 1. The predicted octanol–water partition coefficient (Wildman–Crippen LogP) is 0.462. The summed E-state index contributed by atoms with van der Waals surface area (Å²) in [7, 11) is 2.03. The van der Waals surface area contributed by atoms with Gasteiger partial charge in [-0.3, -0.25) is 14.4 Å². The van der Waals surface area contributed by atoms with Gasteiger partial charge in [0.2, 0.25) is 5.78 Å². The highest BCUT2D eigenvalue weighted by molar-refractivity contribution is 6.23. The Labute approximate surface area is 212 Å². The van der Waals surface area contributed by atoms with Gasteiger partial charge in [0.05, 0.1) is 17.4 Å². The molecule has 2 fully saturated rings. The van der Waals surface area contributed by atoms with Crippen molar-refractivity contribution in [3.63, 3.8) is 0 Å². The number of phenolic OH excluding ortho intramolecular Hbond substituents is 1. The Morgan fingerprint density at radius 3 is 2.43 bits per heavy atom. The number of fused-ring (bicyclic) bond motifs is 3. The Kier molecular flexibility index (Phi) is 5.85. The number of nitrogens with zero attached hydrogens (tertiary/aromatic N) is 1. The third-order valence-electron chi connectivity index (χ3n) is 8.58. The number of likely N-dealkylation sites (tertiary alicyclic amines) is 1. The van der Waals surface area contributed by atoms with E-state index in [1.807, 2.05) is 7.05 Å². The van der Waals surface area contributed by atoms with Crippen molar-refractivity contribution in [3.8, 4) is 5.75 Å². The highest BCUT2D eigenvalue weighted by atomic mass is 16.4. The van der Waals surface area contributed by atoms with Gasteiger partial charge in [0.15, 0.2) is 11.4 Å². The largest absolute Gasteiger partial charge is 0.508 e. The molecule has 198 valence electrons. The molecule has 1 saturated heterocycles. The van der Waals surface area contributed by atoms with E-state index >= 15 is 0 Å². The Balaban J connectivity index is 1.63. The van der Waals surface area contributed by atoms with Crippen LogP contribution in [0, 0.1) is 11.8 Å². The third kappa shape index (κ3) is 3.48. The molecule has 1 aromatic carbocycles. The van der Waals surface area contributed by atoms with Crippen LogP contribution in [0.5, 0.6) is 5.75 Å². The second-order valence-electron chi connectivity index (χ2n) is 10.6. The van der Waals surface area contributed by atoms with Crippen molar-refractivity contribution in [2.45, 2.75) is 49.9 Å². The minimum Gasteiger partial charge on any atom is -0.508 e. The van der Waals surface area contributed by atoms with E-state index in [-0.39, 0.29) is 22.9 Å². The van der Waals surface area contributed by atoms with Gasteiger partial charge in [-0.05, 0) is 50.5 Å². The average molecular weight is 514 g/mol. The number of nitrogens with two attached hydrogens (primary N) is 1. The number of aromatic hydroxyl groups is 1. The fourth-order valence-corrected chi connectivity index (χ4v) is 6.49. The van der Waals surface area contributed by atoms with Crippen LogP contribution in [0.4, 0.5) is 5.69 Å². The van der Waals surface area contributed by atoms with Gasteiger partial charge in [0.25, 0.3) is 5.91 Å². The van der Waals surface area contributed by atoms with Crippen LogP contribution in [0.15, 0.2) is 29.0 Å². The summed E-state index contributed by atoms with van der Waals surface area (Å²) in [5.74, 6) is -8.61. The summed E-state index contributed by atoms with van der Waals surface area (Å²) in [5, 5.41) is 59.2. The maximum Gasteiger partial charge on any atom is 0.255 e. The molecule has 0 radical (unpaired) electrons. The number of hydrogen-bond donors (Lipinski definition) is 7. The van der Waals surface area contributed by atoms with Gasteiger partial charge in [-0.1, -0.05) is 13.0 Å². The first-order valence-corrected chi connectivity index (χ1v) is 12.4. The number of hydrogen-bond acceptors (Lipinski definition) is 10. The summed E-state index contributed by atoms with van der Waals surface area (Å²) in [6.45, 7) is 3.47. The molecule has 1 amide bonds. The first-order chi connectivity index (χ1) is 17.4. The highest BCUT2D eigenvalue weighted by Crippen LogP contribution is 2.56. The number of phenols is 1. The van der Waals surface area contributed by atoms with Crippen LogP contribution < -0.4 is 11.1 Å². The third-order valence-corrected chi connectivity index (χ3v) is 8.58. The molecule has 3 aliphatic carbocycles. The van der Waals surface area contributed by atoms with Crippen molar-refractivity contribution in [3.05, 3.63) is 40.2 Å². The second kappa shape index (κ2) is 8.57. The van der Waals surface area contributed by atoms with Gasteiger partial charge in [-0.2, -0.15) is 0 Å². The lowest BCUT2D eigenvalue weighted by Crippen LogP contribution is -2.63. The molecule has 5 unspecified atom stereocenters. The number of nitrogens with one attached hydrogen (secondary N) is 1. The summed E-state index contributed by atoms with van der Waals surface area (Å²) in [4.78, 5) is 40.2. The topological polar surface area (TPSA) is 194 Å². The Morgan fingerprint density at radius 1 is 1.16 bits per heavy atom. The summed E-state index contributed by atoms with van der Waals surface area (Å²) in [6.07, 6.45) is -0.433. The lowest BCUT2D eigenvalue weighted by Gasteiger charge is -2.50. The average Bonchev–Trinajstić information content (AvgIpc) is 2.84. The summed E-state index contributed by atoms with van der Waals surface area (Å²) in [5.41, 5.74) is 1.92. The molecular formula is C26H31N3O8. The molecule has 1 heterocycles. The number of rotatable bonds is 3. The molecule has 0 bridgehead atoms. The van der Waals surface area contributed by atoms with Crippen molar-refractivity contribution >= 4 is 28.9 Å². The van der Waals surface area contributed by atoms with E-state index in [1.165, 1.54) is 0 Å². The number of Topliss-reactive ketones (excluding diaryl/α,β-unsaturated/α-hetero) is 2. The van der Waals surface area contributed by atoms with Gasteiger partial charge in [0, 0.05) is 29.9 Å². The molecular weight excluding hydrogens is 482 g/mol. The molecule has 5 atom stereocenters. The molecule has 1 saturated carbocycles. The standard InChI is InChI=1S/C26H31N3O8/c1-10-12-3-4-14(28-11-5-7-29(2)8-6-11)21(32)17(12)22(33)19-16(10)20(31)13-9-15(30)18(25(27)36)23(34)26(13,37)24(19)35/h3-4,10-11,13,16,20,28,31-34,37H,5-9H2,1-2H3,(H2,27,36). The number of aliphatic hydroxyl groups excluding tert-OH is 3. The van der Waals surface area contributed by atoms with E-state index in [2.05, 4.69) is 10.2 Å². The number of ketones is 2. The number of carbonyl (C=O) groups is 3. The van der Waals surface area contributed by atoms with E-state index in [0.29, 0.717) is 11.3 Å². The highest BCUT2D eigenvalue weighted by Gasteiger charge is 2.64. The zero-order valence-corrected chi connectivity index (χ0v) is 20.6. The molecule has 5 rings (SSSR count). The normalized spacial score (nSPS) is 32.6. The Bertz CT molecular complexity index is 1280. The van der Waals surface area contributed by atoms with Gasteiger partial charge >= 0.3 is 0 Å². The monoisotopic (exact) mass is 513 g/mol. The first-order valence-electron chi connectivity index (χ1n) is 12.4. The zero-order chi connectivity index (χ0) is 27.0. The van der Waals surface area contributed by atoms with Crippen molar-refractivity contribution in [2.24, 2.45) is 17.6 Å². The SMILES string of the molecule is CC1c2ccc(NC3CCN(C)CC3)c(O)c2C(O)=C2C(=O)C3(O)C(O)=C(C(N)=O)C(=O)CC3C(O)C21. The number of aliphatic hydroxyl groups is 4. The Hall–Kier alpha value is -3.41. The fraction of sp³-hybridized carbons (Fsp3) is 0.500. The first kappa shape index (κ1) is 25.2. The van der Waals surface area contributed by atoms with Crippen molar-refractivity contribution in [2.75, 3.05) is 25.5 Å². The van der Waals surface area contributed by atoms with Crippen molar-refractivity contribution in [1.29, 1.82) is 0 Å². The van der Waals surface area contributed by atoms with E-state index in [1.54, 1.807) is 19.1 Å². The second-order valence-corrected chi connectivity index (χ2v) is 10.6. The molecule has 11 heteroatoms. The number of anilines is 1. The minimum atomic E-state index is -2.84. The molecule has 0 aromatic heterocycles. The molecule has 11 nitrogen and oxygen atoms in total. The molecule has 37 heavy (non-hydrogen) atoms. The van der Waals surface area contributed by atoms with Crippen molar-refractivity contribution < 1.29 is 39.9 Å². The molecule has 1 aliphatic heterocycles.